The lowest BCUT2D eigenvalue weighted by Crippen LogP contribution is -2.44. The Morgan fingerprint density at radius 3 is 2.70 bits per heavy atom. The van der Waals surface area contributed by atoms with E-state index in [4.69, 9.17) is 16.3 Å². The molecule has 7 heteroatoms. The minimum atomic E-state index is -1.12. The van der Waals surface area contributed by atoms with Gasteiger partial charge in [0.15, 0.2) is 11.2 Å². The van der Waals surface area contributed by atoms with E-state index in [0.717, 1.165) is 5.56 Å². The summed E-state index contributed by atoms with van der Waals surface area (Å²) < 4.78 is 6.65. The number of methoxy groups -OCH3 is 1. The van der Waals surface area contributed by atoms with E-state index in [1.54, 1.807) is 10.9 Å². The fraction of sp³-hybridized carbons (Fsp3) is 0.250. The van der Waals surface area contributed by atoms with Crippen LogP contribution in [0.5, 0.6) is 0 Å². The highest BCUT2D eigenvalue weighted by atomic mass is 35.5. The number of benzene rings is 1. The highest BCUT2D eigenvalue weighted by molar-refractivity contribution is 6.33. The first-order chi connectivity index (χ1) is 11.1. The number of hydrogen-bond acceptors (Lipinski definition) is 5. The average Bonchev–Trinajstić information content (AvgIpc) is 3.03. The third kappa shape index (κ3) is 2.26. The highest BCUT2D eigenvalue weighted by Gasteiger charge is 2.44. The molecule has 1 unspecified atom stereocenters. The quantitative estimate of drug-likeness (QED) is 0.543. The number of nitrogens with zero attached hydrogens (tertiary/aromatic N) is 4. The predicted molar refractivity (Wildman–Crippen MR) is 86.2 cm³/mol. The Morgan fingerprint density at radius 1 is 1.30 bits per heavy atom. The van der Waals surface area contributed by atoms with E-state index in [-0.39, 0.29) is 0 Å². The molecule has 1 atom stereocenters. The number of rotatable bonds is 4. The lowest BCUT2D eigenvalue weighted by atomic mass is 9.87. The number of halogens is 1. The molecule has 0 radical (unpaired) electrons. The van der Waals surface area contributed by atoms with Gasteiger partial charge in [-0.25, -0.2) is 19.4 Å². The molecule has 3 rings (SSSR count). The van der Waals surface area contributed by atoms with Gasteiger partial charge < -0.3 is 4.74 Å². The number of carbonyl (C=O) groups excluding carboxylic acids is 1. The van der Waals surface area contributed by atoms with Gasteiger partial charge in [0.05, 0.1) is 18.7 Å². The van der Waals surface area contributed by atoms with Crippen molar-refractivity contribution in [3.05, 3.63) is 53.6 Å². The van der Waals surface area contributed by atoms with Crippen LogP contribution in [-0.2, 0) is 15.1 Å². The van der Waals surface area contributed by atoms with E-state index in [1.807, 2.05) is 37.3 Å². The molecule has 0 aliphatic rings. The molecule has 0 N–H and O–H groups in total. The van der Waals surface area contributed by atoms with Gasteiger partial charge in [-0.1, -0.05) is 48.9 Å². The summed E-state index contributed by atoms with van der Waals surface area (Å²) in [6.07, 6.45) is 3.36. The van der Waals surface area contributed by atoms with Gasteiger partial charge in [-0.2, -0.15) is 5.10 Å². The second-order valence-electron chi connectivity index (χ2n) is 5.03. The Bertz CT molecular complexity index is 850. The SMILES string of the molecule is CCC(C(=O)OC)(c1ccccc1)n1ncc2c(Cl)ncnc21. The first-order valence-electron chi connectivity index (χ1n) is 7.13. The van der Waals surface area contributed by atoms with Gasteiger partial charge in [0.2, 0.25) is 0 Å². The van der Waals surface area contributed by atoms with Crippen molar-refractivity contribution in [3.63, 3.8) is 0 Å². The molecule has 0 amide bonds. The Balaban J connectivity index is 2.35. The summed E-state index contributed by atoms with van der Waals surface area (Å²) in [4.78, 5) is 20.9. The first kappa shape index (κ1) is 15.4. The average molecular weight is 331 g/mol. The molecule has 2 heterocycles. The van der Waals surface area contributed by atoms with Crippen molar-refractivity contribution < 1.29 is 9.53 Å². The first-order valence-corrected chi connectivity index (χ1v) is 7.51. The van der Waals surface area contributed by atoms with Crippen LogP contribution < -0.4 is 0 Å². The molecule has 3 aromatic rings. The van der Waals surface area contributed by atoms with E-state index >= 15 is 0 Å². The van der Waals surface area contributed by atoms with Crippen LogP contribution in [0.3, 0.4) is 0 Å². The molecule has 0 saturated carbocycles. The minimum absolute atomic E-state index is 0.296. The van der Waals surface area contributed by atoms with Crippen LogP contribution in [0.4, 0.5) is 0 Å². The van der Waals surface area contributed by atoms with Crippen LogP contribution in [0.1, 0.15) is 18.9 Å². The van der Waals surface area contributed by atoms with Crippen LogP contribution in [0.25, 0.3) is 11.0 Å². The molecule has 2 aromatic heterocycles. The zero-order chi connectivity index (χ0) is 16.4. The molecule has 0 aliphatic heterocycles. The van der Waals surface area contributed by atoms with Gasteiger partial charge in [-0.3, -0.25) is 0 Å². The molecule has 118 valence electrons. The number of aromatic nitrogens is 4. The summed E-state index contributed by atoms with van der Waals surface area (Å²) in [5.41, 5.74) is 0.144. The van der Waals surface area contributed by atoms with E-state index in [2.05, 4.69) is 15.1 Å². The fourth-order valence-electron chi connectivity index (χ4n) is 2.80. The summed E-state index contributed by atoms with van der Waals surface area (Å²) in [6, 6.07) is 9.38. The molecule has 1 aromatic carbocycles. The second kappa shape index (κ2) is 5.96. The number of ether oxygens (including phenoxy) is 1. The zero-order valence-corrected chi connectivity index (χ0v) is 13.5. The lowest BCUT2D eigenvalue weighted by molar-refractivity contribution is -0.149. The molecule has 0 bridgehead atoms. The second-order valence-corrected chi connectivity index (χ2v) is 5.39. The van der Waals surface area contributed by atoms with Crippen LogP contribution >= 0.6 is 11.6 Å². The van der Waals surface area contributed by atoms with Gasteiger partial charge in [0.1, 0.15) is 11.5 Å². The van der Waals surface area contributed by atoms with E-state index in [9.17, 15) is 4.79 Å². The fourth-order valence-corrected chi connectivity index (χ4v) is 2.98. The van der Waals surface area contributed by atoms with Gasteiger partial charge in [0.25, 0.3) is 0 Å². The van der Waals surface area contributed by atoms with Gasteiger partial charge in [0, 0.05) is 0 Å². The summed E-state index contributed by atoms with van der Waals surface area (Å²) in [7, 11) is 1.36. The molecule has 23 heavy (non-hydrogen) atoms. The molecule has 6 nitrogen and oxygen atoms in total. The highest BCUT2D eigenvalue weighted by Crippen LogP contribution is 2.34. The summed E-state index contributed by atoms with van der Waals surface area (Å²) >= 11 is 6.10. The van der Waals surface area contributed by atoms with Crippen molar-refractivity contribution in [3.8, 4) is 0 Å². The van der Waals surface area contributed by atoms with Crippen LogP contribution in [-0.4, -0.2) is 32.8 Å². The van der Waals surface area contributed by atoms with Crippen molar-refractivity contribution in [1.29, 1.82) is 0 Å². The molecular formula is C16H15ClN4O2. The standard InChI is InChI=1S/C16H15ClN4O2/c1-3-16(15(22)23-2,11-7-5-4-6-8-11)21-14-12(9-20-21)13(17)18-10-19-14/h4-10H,3H2,1-2H3. The van der Waals surface area contributed by atoms with E-state index in [0.29, 0.717) is 22.6 Å². The van der Waals surface area contributed by atoms with Crippen molar-refractivity contribution in [2.45, 2.75) is 18.9 Å². The Labute approximate surface area is 138 Å². The summed E-state index contributed by atoms with van der Waals surface area (Å²) in [6.45, 7) is 1.90. The van der Waals surface area contributed by atoms with E-state index < -0.39 is 11.5 Å². The van der Waals surface area contributed by atoms with Gasteiger partial charge in [-0.05, 0) is 12.0 Å². The Morgan fingerprint density at radius 2 is 2.04 bits per heavy atom. The maximum atomic E-state index is 12.7. The largest absolute Gasteiger partial charge is 0.467 e. The molecule has 0 saturated heterocycles. The maximum Gasteiger partial charge on any atom is 0.338 e. The van der Waals surface area contributed by atoms with Crippen LogP contribution in [0, 0.1) is 0 Å². The molecule has 0 aliphatic carbocycles. The van der Waals surface area contributed by atoms with Crippen molar-refractivity contribution in [2.75, 3.05) is 7.11 Å². The van der Waals surface area contributed by atoms with Crippen molar-refractivity contribution in [2.24, 2.45) is 0 Å². The smallest absolute Gasteiger partial charge is 0.338 e. The molecular weight excluding hydrogens is 316 g/mol. The predicted octanol–water partition coefficient (Wildman–Crippen LogP) is 2.81. The van der Waals surface area contributed by atoms with Crippen LogP contribution in [0.15, 0.2) is 42.9 Å². The summed E-state index contributed by atoms with van der Waals surface area (Å²) in [5, 5.41) is 5.26. The monoisotopic (exact) mass is 330 g/mol. The number of esters is 1. The van der Waals surface area contributed by atoms with Crippen molar-refractivity contribution in [1.82, 2.24) is 19.7 Å². The van der Waals surface area contributed by atoms with Crippen molar-refractivity contribution >= 4 is 28.6 Å². The normalized spacial score (nSPS) is 13.7. The number of fused-ring (bicyclic) bond motifs is 1. The zero-order valence-electron chi connectivity index (χ0n) is 12.7. The van der Waals surface area contributed by atoms with Gasteiger partial charge in [-0.15, -0.1) is 0 Å². The summed E-state index contributed by atoms with van der Waals surface area (Å²) in [5.74, 6) is -0.411. The number of carbonyl (C=O) groups is 1. The van der Waals surface area contributed by atoms with Gasteiger partial charge >= 0.3 is 5.97 Å². The Hall–Kier alpha value is -2.47. The molecule has 0 spiro atoms. The lowest BCUT2D eigenvalue weighted by Gasteiger charge is -2.31. The number of hydrogen-bond donors (Lipinski definition) is 0. The molecule has 0 fully saturated rings. The topological polar surface area (TPSA) is 69.9 Å². The maximum absolute atomic E-state index is 12.7. The minimum Gasteiger partial charge on any atom is -0.467 e. The third-order valence-corrected chi connectivity index (χ3v) is 4.27. The van der Waals surface area contributed by atoms with Crippen LogP contribution in [0.2, 0.25) is 5.15 Å². The Kier molecular flexibility index (Phi) is 4.00. The van der Waals surface area contributed by atoms with E-state index in [1.165, 1.54) is 13.4 Å². The third-order valence-electron chi connectivity index (χ3n) is 3.96.